The van der Waals surface area contributed by atoms with E-state index in [9.17, 15) is 4.79 Å². The van der Waals surface area contributed by atoms with Gasteiger partial charge in [0.25, 0.3) is 11.8 Å². The zero-order valence-electron chi connectivity index (χ0n) is 16.0. The Kier molecular flexibility index (Phi) is 5.96. The standard InChI is InChI=1S/C20H22N4O4/c1-4-26-8-7-22-19(25)14-11-23-20-18(17(14)24-12(2)3)27-16-9-13(10-21)5-6-15(16)28-20/h5-6,9,11-12H,4,7-8H2,1-3H3,(H,22,25)(H,23,24). The van der Waals surface area contributed by atoms with Gasteiger partial charge in [-0.1, -0.05) is 0 Å². The van der Waals surface area contributed by atoms with Gasteiger partial charge >= 0.3 is 0 Å². The molecular weight excluding hydrogens is 360 g/mol. The molecule has 2 heterocycles. The van der Waals surface area contributed by atoms with Crippen LogP contribution in [0.5, 0.6) is 23.1 Å². The van der Waals surface area contributed by atoms with Gasteiger partial charge in [-0.3, -0.25) is 4.79 Å². The Balaban J connectivity index is 1.94. The van der Waals surface area contributed by atoms with Crippen molar-refractivity contribution in [3.8, 4) is 29.2 Å². The third-order valence-electron chi connectivity index (χ3n) is 3.91. The number of pyridine rings is 1. The van der Waals surface area contributed by atoms with E-state index in [-0.39, 0.29) is 17.8 Å². The van der Waals surface area contributed by atoms with E-state index in [2.05, 4.69) is 21.7 Å². The summed E-state index contributed by atoms with van der Waals surface area (Å²) in [6.45, 7) is 7.20. The van der Waals surface area contributed by atoms with Crippen molar-refractivity contribution in [2.45, 2.75) is 26.8 Å². The van der Waals surface area contributed by atoms with Gasteiger partial charge in [-0.2, -0.15) is 5.26 Å². The maximum atomic E-state index is 12.7. The van der Waals surface area contributed by atoms with Gasteiger partial charge in [-0.15, -0.1) is 0 Å². The number of nitrogens with zero attached hydrogens (tertiary/aromatic N) is 2. The second-order valence-electron chi connectivity index (χ2n) is 6.41. The van der Waals surface area contributed by atoms with Gasteiger partial charge in [0, 0.05) is 31.5 Å². The number of aromatic nitrogens is 1. The molecule has 1 amide bonds. The number of nitrogens with one attached hydrogen (secondary N) is 2. The van der Waals surface area contributed by atoms with Gasteiger partial charge < -0.3 is 24.8 Å². The number of fused-ring (bicyclic) bond motifs is 2. The first-order valence-electron chi connectivity index (χ1n) is 9.08. The molecule has 2 N–H and O–H groups in total. The predicted octanol–water partition coefficient (Wildman–Crippen LogP) is 3.44. The van der Waals surface area contributed by atoms with Crippen molar-refractivity contribution >= 4 is 11.6 Å². The molecule has 0 bridgehead atoms. The van der Waals surface area contributed by atoms with Crippen LogP contribution in [-0.2, 0) is 4.74 Å². The summed E-state index contributed by atoms with van der Waals surface area (Å²) in [5.74, 6) is 1.13. The summed E-state index contributed by atoms with van der Waals surface area (Å²) in [6, 6.07) is 6.99. The van der Waals surface area contributed by atoms with E-state index in [1.165, 1.54) is 6.20 Å². The summed E-state index contributed by atoms with van der Waals surface area (Å²) >= 11 is 0. The lowest BCUT2D eigenvalue weighted by molar-refractivity contribution is 0.0922. The van der Waals surface area contributed by atoms with Crippen LogP contribution in [0.4, 0.5) is 5.69 Å². The Morgan fingerprint density at radius 3 is 2.86 bits per heavy atom. The van der Waals surface area contributed by atoms with Crippen LogP contribution in [0.15, 0.2) is 24.4 Å². The molecule has 28 heavy (non-hydrogen) atoms. The van der Waals surface area contributed by atoms with Crippen LogP contribution in [0.3, 0.4) is 0 Å². The Morgan fingerprint density at radius 2 is 2.14 bits per heavy atom. The fourth-order valence-corrected chi connectivity index (χ4v) is 2.68. The van der Waals surface area contributed by atoms with E-state index in [1.54, 1.807) is 18.2 Å². The summed E-state index contributed by atoms with van der Waals surface area (Å²) in [5.41, 5.74) is 1.27. The molecule has 0 radical (unpaired) electrons. The molecule has 8 heteroatoms. The van der Waals surface area contributed by atoms with Gasteiger partial charge in [-0.25, -0.2) is 4.98 Å². The smallest absolute Gasteiger partial charge is 0.265 e. The summed E-state index contributed by atoms with van der Waals surface area (Å²) in [4.78, 5) is 16.9. The van der Waals surface area contributed by atoms with Gasteiger partial charge in [-0.05, 0) is 32.9 Å². The minimum absolute atomic E-state index is 0.0388. The van der Waals surface area contributed by atoms with Gasteiger partial charge in [0.1, 0.15) is 0 Å². The van der Waals surface area contributed by atoms with Crippen LogP contribution in [0.25, 0.3) is 0 Å². The van der Waals surface area contributed by atoms with Gasteiger partial charge in [0.15, 0.2) is 11.5 Å². The second kappa shape index (κ2) is 8.59. The van der Waals surface area contributed by atoms with Crippen LogP contribution in [0.1, 0.15) is 36.7 Å². The van der Waals surface area contributed by atoms with E-state index in [1.807, 2.05) is 20.8 Å². The number of amides is 1. The molecule has 0 unspecified atom stereocenters. The lowest BCUT2D eigenvalue weighted by Gasteiger charge is -2.24. The van der Waals surface area contributed by atoms with Crippen LogP contribution < -0.4 is 20.1 Å². The van der Waals surface area contributed by atoms with Gasteiger partial charge in [0.2, 0.25) is 5.75 Å². The summed E-state index contributed by atoms with van der Waals surface area (Å²) in [5, 5.41) is 15.2. The topological polar surface area (TPSA) is 106 Å². The summed E-state index contributed by atoms with van der Waals surface area (Å²) < 4.78 is 17.0. The van der Waals surface area contributed by atoms with Crippen LogP contribution >= 0.6 is 0 Å². The minimum Gasteiger partial charge on any atom is -0.445 e. The molecular formula is C20H22N4O4. The quantitative estimate of drug-likeness (QED) is 0.603. The van der Waals surface area contributed by atoms with E-state index < -0.39 is 0 Å². The maximum Gasteiger partial charge on any atom is 0.265 e. The summed E-state index contributed by atoms with van der Waals surface area (Å²) in [7, 11) is 0. The molecule has 0 fully saturated rings. The zero-order chi connectivity index (χ0) is 20.1. The first-order valence-corrected chi connectivity index (χ1v) is 9.08. The molecule has 0 atom stereocenters. The molecule has 1 aromatic heterocycles. The van der Waals surface area contributed by atoms with Crippen molar-refractivity contribution in [3.05, 3.63) is 35.5 Å². The first-order chi connectivity index (χ1) is 13.5. The molecule has 1 aliphatic heterocycles. The largest absolute Gasteiger partial charge is 0.445 e. The Bertz CT molecular complexity index is 921. The number of nitriles is 1. The lowest BCUT2D eigenvalue weighted by Crippen LogP contribution is -2.29. The predicted molar refractivity (Wildman–Crippen MR) is 103 cm³/mol. The number of benzene rings is 1. The molecule has 0 spiro atoms. The zero-order valence-corrected chi connectivity index (χ0v) is 16.0. The Hall–Kier alpha value is -3.31. The molecule has 0 aliphatic carbocycles. The number of ether oxygens (including phenoxy) is 3. The highest BCUT2D eigenvalue weighted by Gasteiger charge is 2.28. The third-order valence-corrected chi connectivity index (χ3v) is 3.91. The SMILES string of the molecule is CCOCCNC(=O)c1cnc2c(c1NC(C)C)Oc1cc(C#N)ccc1O2. The van der Waals surface area contributed by atoms with Crippen LogP contribution in [-0.4, -0.2) is 36.7 Å². The monoisotopic (exact) mass is 382 g/mol. The van der Waals surface area contributed by atoms with Crippen molar-refractivity contribution in [3.63, 3.8) is 0 Å². The van der Waals surface area contributed by atoms with Crippen molar-refractivity contribution < 1.29 is 19.0 Å². The van der Waals surface area contributed by atoms with Crippen molar-refractivity contribution in [1.82, 2.24) is 10.3 Å². The molecule has 3 rings (SSSR count). The Labute approximate surface area is 163 Å². The lowest BCUT2D eigenvalue weighted by atomic mass is 10.1. The highest BCUT2D eigenvalue weighted by atomic mass is 16.6. The number of hydrogen-bond acceptors (Lipinski definition) is 7. The molecule has 8 nitrogen and oxygen atoms in total. The fourth-order valence-electron chi connectivity index (χ4n) is 2.68. The normalized spacial score (nSPS) is 11.5. The maximum absolute atomic E-state index is 12.7. The van der Waals surface area contributed by atoms with Crippen LogP contribution in [0, 0.1) is 11.3 Å². The molecule has 0 saturated carbocycles. The number of anilines is 1. The highest BCUT2D eigenvalue weighted by Crippen LogP contribution is 2.48. The average Bonchev–Trinajstić information content (AvgIpc) is 2.69. The first kappa shape index (κ1) is 19.5. The molecule has 2 aromatic rings. The van der Waals surface area contributed by atoms with Crippen molar-refractivity contribution in [2.24, 2.45) is 0 Å². The van der Waals surface area contributed by atoms with Crippen molar-refractivity contribution in [2.75, 3.05) is 25.1 Å². The van der Waals surface area contributed by atoms with E-state index >= 15 is 0 Å². The number of rotatable bonds is 7. The molecule has 1 aliphatic rings. The van der Waals surface area contributed by atoms with E-state index in [0.29, 0.717) is 53.8 Å². The van der Waals surface area contributed by atoms with E-state index in [4.69, 9.17) is 19.5 Å². The van der Waals surface area contributed by atoms with Gasteiger partial charge in [0.05, 0.1) is 29.5 Å². The van der Waals surface area contributed by atoms with E-state index in [0.717, 1.165) is 0 Å². The molecule has 146 valence electrons. The second-order valence-corrected chi connectivity index (χ2v) is 6.41. The summed E-state index contributed by atoms with van der Waals surface area (Å²) in [6.07, 6.45) is 1.46. The average molecular weight is 382 g/mol. The van der Waals surface area contributed by atoms with Crippen LogP contribution in [0.2, 0.25) is 0 Å². The molecule has 0 saturated heterocycles. The van der Waals surface area contributed by atoms with Crippen molar-refractivity contribution in [1.29, 1.82) is 5.26 Å². The Morgan fingerprint density at radius 1 is 1.32 bits per heavy atom. The third kappa shape index (κ3) is 4.15. The number of carbonyl (C=O) groups is 1. The fraction of sp³-hybridized carbons (Fsp3) is 0.350. The minimum atomic E-state index is -0.293. The highest BCUT2D eigenvalue weighted by molar-refractivity contribution is 6.01. The molecule has 1 aromatic carbocycles. The number of carbonyl (C=O) groups excluding carboxylic acids is 1. The number of hydrogen-bond donors (Lipinski definition) is 2.